The summed E-state index contributed by atoms with van der Waals surface area (Å²) in [6, 6.07) is 13.4. The van der Waals surface area contributed by atoms with Crippen molar-refractivity contribution < 1.29 is 9.21 Å². The van der Waals surface area contributed by atoms with Crippen LogP contribution in [0.2, 0.25) is 5.02 Å². The molecule has 0 aliphatic rings. The molecular formula is C17H11ClN2O3. The van der Waals surface area contributed by atoms with Crippen LogP contribution >= 0.6 is 11.6 Å². The minimum atomic E-state index is -0.422. The minimum absolute atomic E-state index is 0.215. The fourth-order valence-electron chi connectivity index (χ4n) is 2.04. The maximum Gasteiger partial charge on any atom is 0.271 e. The summed E-state index contributed by atoms with van der Waals surface area (Å²) in [7, 11) is 0. The van der Waals surface area contributed by atoms with Gasteiger partial charge in [0.1, 0.15) is 11.8 Å². The fraction of sp³-hybridized carbons (Fsp3) is 0. The first kappa shape index (κ1) is 15.0. The first-order valence-electron chi connectivity index (χ1n) is 6.74. The van der Waals surface area contributed by atoms with Gasteiger partial charge in [-0.2, -0.15) is 5.10 Å². The smallest absolute Gasteiger partial charge is 0.271 e. The summed E-state index contributed by atoms with van der Waals surface area (Å²) < 4.78 is 5.36. The van der Waals surface area contributed by atoms with Gasteiger partial charge in [0.25, 0.3) is 5.91 Å². The Labute approximate surface area is 136 Å². The largest absolute Gasteiger partial charge is 0.463 e. The number of nitrogens with zero attached hydrogens (tertiary/aromatic N) is 1. The number of carbonyl (C=O) groups is 1. The summed E-state index contributed by atoms with van der Waals surface area (Å²) in [5, 5.41) is 4.70. The lowest BCUT2D eigenvalue weighted by molar-refractivity contribution is 0.0955. The van der Waals surface area contributed by atoms with Crippen LogP contribution in [0.3, 0.4) is 0 Å². The molecule has 0 radical (unpaired) electrons. The van der Waals surface area contributed by atoms with Gasteiger partial charge in [-0.1, -0.05) is 29.8 Å². The highest BCUT2D eigenvalue weighted by Gasteiger charge is 2.06. The Hall–Kier alpha value is -2.92. The number of para-hydroxylation sites is 1. The number of hydrazone groups is 1. The molecule has 0 saturated heterocycles. The van der Waals surface area contributed by atoms with E-state index in [1.54, 1.807) is 42.5 Å². The van der Waals surface area contributed by atoms with Gasteiger partial charge in [0.15, 0.2) is 0 Å². The van der Waals surface area contributed by atoms with Crippen molar-refractivity contribution in [1.29, 1.82) is 0 Å². The molecule has 0 aliphatic carbocycles. The second kappa shape index (κ2) is 6.46. The highest BCUT2D eigenvalue weighted by Crippen LogP contribution is 2.11. The number of hydrogen-bond donors (Lipinski definition) is 1. The Morgan fingerprint density at radius 1 is 1.17 bits per heavy atom. The van der Waals surface area contributed by atoms with E-state index in [2.05, 4.69) is 10.5 Å². The molecule has 23 heavy (non-hydrogen) atoms. The second-order valence-electron chi connectivity index (χ2n) is 4.73. The van der Waals surface area contributed by atoms with Crippen LogP contribution in [0.4, 0.5) is 0 Å². The summed E-state index contributed by atoms with van der Waals surface area (Å²) in [5.41, 5.74) is 3.24. The monoisotopic (exact) mass is 326 g/mol. The average Bonchev–Trinajstić information content (AvgIpc) is 2.57. The third kappa shape index (κ3) is 3.30. The number of hydrogen-bond acceptors (Lipinski definition) is 4. The third-order valence-electron chi connectivity index (χ3n) is 3.16. The number of benzene rings is 2. The number of carbonyl (C=O) groups excluding carboxylic acids is 1. The van der Waals surface area contributed by atoms with Crippen LogP contribution < -0.4 is 10.9 Å². The van der Waals surface area contributed by atoms with Crippen LogP contribution in [0.25, 0.3) is 11.0 Å². The summed E-state index contributed by atoms with van der Waals surface area (Å²) in [4.78, 5) is 24.1. The lowest BCUT2D eigenvalue weighted by Gasteiger charge is -2.00. The van der Waals surface area contributed by atoms with Gasteiger partial charge in [-0.3, -0.25) is 9.59 Å². The zero-order valence-corrected chi connectivity index (χ0v) is 12.6. The van der Waals surface area contributed by atoms with Gasteiger partial charge in [-0.15, -0.1) is 0 Å². The molecule has 114 valence electrons. The highest BCUT2D eigenvalue weighted by molar-refractivity contribution is 6.30. The molecule has 0 fully saturated rings. The summed E-state index contributed by atoms with van der Waals surface area (Å²) in [6.45, 7) is 0. The van der Waals surface area contributed by atoms with E-state index in [-0.39, 0.29) is 11.0 Å². The Morgan fingerprint density at radius 3 is 2.83 bits per heavy atom. The maximum atomic E-state index is 12.2. The van der Waals surface area contributed by atoms with Crippen molar-refractivity contribution >= 4 is 34.7 Å². The van der Waals surface area contributed by atoms with Crippen LogP contribution in [0.5, 0.6) is 0 Å². The van der Waals surface area contributed by atoms with Gasteiger partial charge in [-0.25, -0.2) is 5.43 Å². The molecule has 0 spiro atoms. The molecule has 1 aromatic heterocycles. The molecule has 0 atom stereocenters. The van der Waals surface area contributed by atoms with Crippen molar-refractivity contribution in [2.24, 2.45) is 5.10 Å². The van der Waals surface area contributed by atoms with Gasteiger partial charge in [0.2, 0.25) is 5.43 Å². The molecule has 0 unspecified atom stereocenters. The van der Waals surface area contributed by atoms with Crippen molar-refractivity contribution in [2.45, 2.75) is 0 Å². The molecule has 1 N–H and O–H groups in total. The van der Waals surface area contributed by atoms with E-state index in [9.17, 15) is 9.59 Å². The number of rotatable bonds is 3. The number of amides is 1. The van der Waals surface area contributed by atoms with Crippen LogP contribution in [0.15, 0.2) is 69.1 Å². The van der Waals surface area contributed by atoms with E-state index in [1.807, 2.05) is 0 Å². The van der Waals surface area contributed by atoms with Crippen molar-refractivity contribution in [2.75, 3.05) is 0 Å². The molecule has 2 aromatic carbocycles. The molecule has 1 heterocycles. The van der Waals surface area contributed by atoms with E-state index in [4.69, 9.17) is 16.0 Å². The normalized spacial score (nSPS) is 11.0. The van der Waals surface area contributed by atoms with E-state index >= 15 is 0 Å². The standard InChI is InChI=1S/C17H11ClN2O3/c18-13-5-3-4-11(8-13)17(22)20-19-9-12-10-23-15-7-2-1-6-14(15)16(12)21/h1-10H,(H,20,22). The highest BCUT2D eigenvalue weighted by atomic mass is 35.5. The fourth-order valence-corrected chi connectivity index (χ4v) is 2.23. The van der Waals surface area contributed by atoms with E-state index in [0.29, 0.717) is 21.6 Å². The Balaban J connectivity index is 1.79. The minimum Gasteiger partial charge on any atom is -0.463 e. The molecule has 0 saturated carbocycles. The van der Waals surface area contributed by atoms with Crippen molar-refractivity contribution in [3.05, 3.63) is 81.2 Å². The second-order valence-corrected chi connectivity index (χ2v) is 5.16. The summed E-state index contributed by atoms with van der Waals surface area (Å²) >= 11 is 5.82. The topological polar surface area (TPSA) is 71.7 Å². The predicted molar refractivity (Wildman–Crippen MR) is 89.0 cm³/mol. The van der Waals surface area contributed by atoms with Gasteiger partial charge in [0, 0.05) is 10.6 Å². The predicted octanol–water partition coefficient (Wildman–Crippen LogP) is 3.21. The molecular weight excluding hydrogens is 316 g/mol. The Bertz CT molecular complexity index is 963. The first-order chi connectivity index (χ1) is 11.1. The lowest BCUT2D eigenvalue weighted by atomic mass is 10.2. The summed E-state index contributed by atoms with van der Waals surface area (Å²) in [5.74, 6) is -0.422. The van der Waals surface area contributed by atoms with Crippen LogP contribution in [-0.4, -0.2) is 12.1 Å². The zero-order chi connectivity index (χ0) is 16.2. The van der Waals surface area contributed by atoms with Gasteiger partial charge in [-0.05, 0) is 30.3 Å². The number of halogens is 1. The van der Waals surface area contributed by atoms with Crippen LogP contribution in [-0.2, 0) is 0 Å². The zero-order valence-electron chi connectivity index (χ0n) is 11.8. The first-order valence-corrected chi connectivity index (χ1v) is 7.12. The SMILES string of the molecule is O=C(NN=Cc1coc2ccccc2c1=O)c1cccc(Cl)c1. The number of nitrogens with one attached hydrogen (secondary N) is 1. The summed E-state index contributed by atoms with van der Waals surface area (Å²) in [6.07, 6.45) is 2.56. The molecule has 3 rings (SSSR count). The lowest BCUT2D eigenvalue weighted by Crippen LogP contribution is -2.18. The maximum absolute atomic E-state index is 12.2. The van der Waals surface area contributed by atoms with Crippen molar-refractivity contribution in [3.63, 3.8) is 0 Å². The Morgan fingerprint density at radius 2 is 2.00 bits per heavy atom. The molecule has 0 aliphatic heterocycles. The van der Waals surface area contributed by atoms with E-state index in [1.165, 1.54) is 18.5 Å². The molecule has 5 nitrogen and oxygen atoms in total. The van der Waals surface area contributed by atoms with Crippen molar-refractivity contribution in [3.8, 4) is 0 Å². The quantitative estimate of drug-likeness (QED) is 0.593. The molecule has 1 amide bonds. The van der Waals surface area contributed by atoms with Crippen LogP contribution in [0, 0.1) is 0 Å². The van der Waals surface area contributed by atoms with Crippen molar-refractivity contribution in [1.82, 2.24) is 5.43 Å². The van der Waals surface area contributed by atoms with Gasteiger partial charge >= 0.3 is 0 Å². The average molecular weight is 327 g/mol. The van der Waals surface area contributed by atoms with Crippen LogP contribution in [0.1, 0.15) is 15.9 Å². The molecule has 3 aromatic rings. The molecule has 6 heteroatoms. The van der Waals surface area contributed by atoms with E-state index < -0.39 is 5.91 Å². The third-order valence-corrected chi connectivity index (χ3v) is 3.40. The van der Waals surface area contributed by atoms with Gasteiger partial charge < -0.3 is 4.42 Å². The Kier molecular flexibility index (Phi) is 4.21. The van der Waals surface area contributed by atoms with E-state index in [0.717, 1.165) is 0 Å². The van der Waals surface area contributed by atoms with Gasteiger partial charge in [0.05, 0.1) is 17.2 Å². The number of fused-ring (bicyclic) bond motifs is 1. The molecule has 0 bridgehead atoms.